The average molecular weight is 201 g/mol. The van der Waals surface area contributed by atoms with E-state index < -0.39 is 0 Å². The third-order valence-electron chi connectivity index (χ3n) is 3.00. The first-order valence-electron chi connectivity index (χ1n) is 5.92. The molecule has 1 atom stereocenters. The quantitative estimate of drug-likeness (QED) is 0.715. The van der Waals surface area contributed by atoms with Crippen molar-refractivity contribution in [3.8, 4) is 0 Å². The van der Waals surface area contributed by atoms with Gasteiger partial charge in [0.1, 0.15) is 0 Å². The van der Waals surface area contributed by atoms with Crippen LogP contribution in [-0.4, -0.2) is 6.04 Å². The number of anilines is 1. The molecule has 2 rings (SSSR count). The van der Waals surface area contributed by atoms with E-state index in [2.05, 4.69) is 54.4 Å². The SMILES string of the molecule is CCCC1CCC=CN1c1ccccc1. The summed E-state index contributed by atoms with van der Waals surface area (Å²) in [5, 5.41) is 0. The Bertz CT molecular complexity index is 315. The molecule has 1 aromatic carbocycles. The third kappa shape index (κ3) is 2.41. The minimum atomic E-state index is 0.697. The molecule has 80 valence electrons. The molecule has 1 aromatic rings. The van der Waals surface area contributed by atoms with Crippen molar-refractivity contribution in [1.82, 2.24) is 0 Å². The predicted molar refractivity (Wildman–Crippen MR) is 66.0 cm³/mol. The summed E-state index contributed by atoms with van der Waals surface area (Å²) in [6.45, 7) is 2.27. The van der Waals surface area contributed by atoms with Crippen LogP contribution in [0.5, 0.6) is 0 Å². The van der Waals surface area contributed by atoms with Crippen molar-refractivity contribution in [2.45, 2.75) is 38.6 Å². The van der Waals surface area contributed by atoms with Crippen LogP contribution in [0.25, 0.3) is 0 Å². The van der Waals surface area contributed by atoms with Gasteiger partial charge in [0.2, 0.25) is 0 Å². The summed E-state index contributed by atoms with van der Waals surface area (Å²) < 4.78 is 0. The third-order valence-corrected chi connectivity index (χ3v) is 3.00. The summed E-state index contributed by atoms with van der Waals surface area (Å²) in [6.07, 6.45) is 9.60. The van der Waals surface area contributed by atoms with Gasteiger partial charge < -0.3 is 4.90 Å². The number of rotatable bonds is 3. The molecule has 1 heterocycles. The second kappa shape index (κ2) is 5.01. The Morgan fingerprint density at radius 3 is 2.80 bits per heavy atom. The highest BCUT2D eigenvalue weighted by Gasteiger charge is 2.17. The molecule has 0 aromatic heterocycles. The lowest BCUT2D eigenvalue weighted by Crippen LogP contribution is -2.32. The highest BCUT2D eigenvalue weighted by atomic mass is 15.1. The topological polar surface area (TPSA) is 3.24 Å². The van der Waals surface area contributed by atoms with E-state index in [4.69, 9.17) is 0 Å². The van der Waals surface area contributed by atoms with Crippen LogP contribution < -0.4 is 4.90 Å². The zero-order valence-corrected chi connectivity index (χ0v) is 9.39. The Balaban J connectivity index is 2.18. The molecule has 0 aliphatic carbocycles. The maximum Gasteiger partial charge on any atom is 0.0408 e. The van der Waals surface area contributed by atoms with Crippen molar-refractivity contribution in [2.24, 2.45) is 0 Å². The highest BCUT2D eigenvalue weighted by Crippen LogP contribution is 2.25. The Kier molecular flexibility index (Phi) is 3.44. The molecule has 1 nitrogen and oxygen atoms in total. The molecule has 0 radical (unpaired) electrons. The average Bonchev–Trinajstić information content (AvgIpc) is 2.31. The highest BCUT2D eigenvalue weighted by molar-refractivity contribution is 5.50. The minimum absolute atomic E-state index is 0.697. The zero-order valence-electron chi connectivity index (χ0n) is 9.39. The van der Waals surface area contributed by atoms with Crippen molar-refractivity contribution in [3.63, 3.8) is 0 Å². The largest absolute Gasteiger partial charge is 0.345 e. The molecule has 0 saturated heterocycles. The van der Waals surface area contributed by atoms with Gasteiger partial charge in [0.05, 0.1) is 0 Å². The molecular formula is C14H19N. The first-order chi connectivity index (χ1) is 7.42. The summed E-state index contributed by atoms with van der Waals surface area (Å²) in [5.41, 5.74) is 1.33. The zero-order chi connectivity index (χ0) is 10.5. The fourth-order valence-electron chi connectivity index (χ4n) is 2.25. The van der Waals surface area contributed by atoms with Gasteiger partial charge >= 0.3 is 0 Å². The molecule has 15 heavy (non-hydrogen) atoms. The molecule has 0 fully saturated rings. The minimum Gasteiger partial charge on any atom is -0.345 e. The molecule has 1 aliphatic rings. The fourth-order valence-corrected chi connectivity index (χ4v) is 2.25. The number of benzene rings is 1. The van der Waals surface area contributed by atoms with Gasteiger partial charge in [-0.2, -0.15) is 0 Å². The van der Waals surface area contributed by atoms with Gasteiger partial charge in [-0.1, -0.05) is 37.6 Å². The van der Waals surface area contributed by atoms with E-state index in [1.54, 1.807) is 0 Å². The molecule has 1 aliphatic heterocycles. The van der Waals surface area contributed by atoms with Crippen LogP contribution in [0.3, 0.4) is 0 Å². The van der Waals surface area contributed by atoms with Gasteiger partial charge in [-0.05, 0) is 31.4 Å². The predicted octanol–water partition coefficient (Wildman–Crippen LogP) is 3.97. The number of nitrogens with zero attached hydrogens (tertiary/aromatic N) is 1. The normalized spacial score (nSPS) is 20.6. The second-order valence-electron chi connectivity index (χ2n) is 4.15. The number of hydrogen-bond donors (Lipinski definition) is 0. The Morgan fingerprint density at radius 1 is 1.27 bits per heavy atom. The van der Waals surface area contributed by atoms with Crippen molar-refractivity contribution in [3.05, 3.63) is 42.6 Å². The molecule has 0 N–H and O–H groups in total. The van der Waals surface area contributed by atoms with Gasteiger partial charge in [-0.25, -0.2) is 0 Å². The summed E-state index contributed by atoms with van der Waals surface area (Å²) in [4.78, 5) is 2.42. The lowest BCUT2D eigenvalue weighted by atomic mass is 10.0. The Labute approximate surface area is 92.4 Å². The smallest absolute Gasteiger partial charge is 0.0408 e. The molecule has 0 spiro atoms. The number of para-hydroxylation sites is 1. The van der Waals surface area contributed by atoms with Crippen LogP contribution >= 0.6 is 0 Å². The van der Waals surface area contributed by atoms with Gasteiger partial charge in [0, 0.05) is 17.9 Å². The van der Waals surface area contributed by atoms with Crippen LogP contribution in [0, 0.1) is 0 Å². The van der Waals surface area contributed by atoms with Crippen molar-refractivity contribution in [2.75, 3.05) is 4.90 Å². The second-order valence-corrected chi connectivity index (χ2v) is 4.15. The van der Waals surface area contributed by atoms with Gasteiger partial charge in [-0.15, -0.1) is 0 Å². The summed E-state index contributed by atoms with van der Waals surface area (Å²) in [5.74, 6) is 0. The summed E-state index contributed by atoms with van der Waals surface area (Å²) in [6, 6.07) is 11.4. The van der Waals surface area contributed by atoms with E-state index in [0.717, 1.165) is 0 Å². The van der Waals surface area contributed by atoms with Crippen LogP contribution in [0.2, 0.25) is 0 Å². The Hall–Kier alpha value is -1.24. The first-order valence-corrected chi connectivity index (χ1v) is 5.92. The first kappa shape index (κ1) is 10.3. The molecule has 1 heteroatoms. The van der Waals surface area contributed by atoms with E-state index in [1.165, 1.54) is 31.4 Å². The monoisotopic (exact) mass is 201 g/mol. The van der Waals surface area contributed by atoms with Crippen molar-refractivity contribution < 1.29 is 0 Å². The maximum atomic E-state index is 2.42. The van der Waals surface area contributed by atoms with Gasteiger partial charge in [0.25, 0.3) is 0 Å². The molecular weight excluding hydrogens is 182 g/mol. The van der Waals surface area contributed by atoms with Crippen LogP contribution in [0.1, 0.15) is 32.6 Å². The standard InChI is InChI=1S/C14H19N/c1-2-8-13-11-6-7-12-15(13)14-9-4-3-5-10-14/h3-5,7,9-10,12-13H,2,6,8,11H2,1H3. The van der Waals surface area contributed by atoms with Crippen molar-refractivity contribution >= 4 is 5.69 Å². The van der Waals surface area contributed by atoms with E-state index in [-0.39, 0.29) is 0 Å². The van der Waals surface area contributed by atoms with E-state index in [0.29, 0.717) is 6.04 Å². The number of allylic oxidation sites excluding steroid dienone is 1. The summed E-state index contributed by atoms with van der Waals surface area (Å²) in [7, 11) is 0. The molecule has 0 bridgehead atoms. The van der Waals surface area contributed by atoms with E-state index >= 15 is 0 Å². The van der Waals surface area contributed by atoms with E-state index in [1.807, 2.05) is 0 Å². The summed E-state index contributed by atoms with van der Waals surface area (Å²) >= 11 is 0. The number of hydrogen-bond acceptors (Lipinski definition) is 1. The van der Waals surface area contributed by atoms with Gasteiger partial charge in [-0.3, -0.25) is 0 Å². The van der Waals surface area contributed by atoms with Crippen LogP contribution in [0.4, 0.5) is 5.69 Å². The molecule has 1 unspecified atom stereocenters. The maximum absolute atomic E-state index is 2.42. The van der Waals surface area contributed by atoms with Gasteiger partial charge in [0.15, 0.2) is 0 Å². The Morgan fingerprint density at radius 2 is 2.07 bits per heavy atom. The van der Waals surface area contributed by atoms with Crippen LogP contribution in [-0.2, 0) is 0 Å². The molecule has 0 amide bonds. The van der Waals surface area contributed by atoms with Crippen molar-refractivity contribution in [1.29, 1.82) is 0 Å². The van der Waals surface area contributed by atoms with E-state index in [9.17, 15) is 0 Å². The molecule has 0 saturated carbocycles. The lowest BCUT2D eigenvalue weighted by molar-refractivity contribution is 0.535. The lowest BCUT2D eigenvalue weighted by Gasteiger charge is -2.33. The van der Waals surface area contributed by atoms with Crippen LogP contribution in [0.15, 0.2) is 42.6 Å². The fraction of sp³-hybridized carbons (Fsp3) is 0.429.